The van der Waals surface area contributed by atoms with Crippen molar-refractivity contribution in [2.75, 3.05) is 7.05 Å². The summed E-state index contributed by atoms with van der Waals surface area (Å²) in [7, 11) is -2.10. The van der Waals surface area contributed by atoms with Crippen molar-refractivity contribution in [1.82, 2.24) is 9.46 Å². The van der Waals surface area contributed by atoms with Crippen LogP contribution in [0.5, 0.6) is 0 Å². The third-order valence-electron chi connectivity index (χ3n) is 2.64. The van der Waals surface area contributed by atoms with Gasteiger partial charge in [-0.05, 0) is 41.1 Å². The Morgan fingerprint density at radius 1 is 1.30 bits per heavy atom. The van der Waals surface area contributed by atoms with Gasteiger partial charge in [0.1, 0.15) is 5.76 Å². The standard InChI is InChI=1S/C12H12Br2N2O3S/c1-8-5-10(15-19-8)7-16(2)20(17,18)12-6-9(13)3-4-11(12)14/h3-6H,7H2,1-2H3. The molecule has 1 aromatic carbocycles. The molecular formula is C12H12Br2N2O3S. The van der Waals surface area contributed by atoms with E-state index in [0.29, 0.717) is 20.4 Å². The number of aromatic nitrogens is 1. The highest BCUT2D eigenvalue weighted by Gasteiger charge is 2.24. The molecule has 0 aliphatic heterocycles. The van der Waals surface area contributed by atoms with Gasteiger partial charge < -0.3 is 4.52 Å². The minimum absolute atomic E-state index is 0.151. The molecule has 0 spiro atoms. The van der Waals surface area contributed by atoms with Crippen LogP contribution >= 0.6 is 31.9 Å². The smallest absolute Gasteiger partial charge is 0.244 e. The van der Waals surface area contributed by atoms with Gasteiger partial charge in [0.2, 0.25) is 10.0 Å². The summed E-state index contributed by atoms with van der Waals surface area (Å²) in [6.07, 6.45) is 0. The van der Waals surface area contributed by atoms with Crippen LogP contribution in [0.4, 0.5) is 0 Å². The predicted molar refractivity (Wildman–Crippen MR) is 81.7 cm³/mol. The van der Waals surface area contributed by atoms with Gasteiger partial charge in [-0.2, -0.15) is 4.31 Å². The maximum absolute atomic E-state index is 12.5. The van der Waals surface area contributed by atoms with Crippen LogP contribution in [-0.2, 0) is 16.6 Å². The first-order chi connectivity index (χ1) is 9.30. The zero-order valence-electron chi connectivity index (χ0n) is 10.8. The number of hydrogen-bond donors (Lipinski definition) is 0. The molecule has 1 aromatic heterocycles. The number of aryl methyl sites for hydroxylation is 1. The van der Waals surface area contributed by atoms with Crippen molar-refractivity contribution < 1.29 is 12.9 Å². The summed E-state index contributed by atoms with van der Waals surface area (Å²) in [6.45, 7) is 1.91. The minimum Gasteiger partial charge on any atom is -0.361 e. The molecule has 20 heavy (non-hydrogen) atoms. The maximum Gasteiger partial charge on any atom is 0.244 e. The molecule has 0 aliphatic rings. The van der Waals surface area contributed by atoms with Gasteiger partial charge in [0.25, 0.3) is 0 Å². The number of nitrogens with zero attached hydrogens (tertiary/aromatic N) is 2. The highest BCUT2D eigenvalue weighted by Crippen LogP contribution is 2.28. The van der Waals surface area contributed by atoms with E-state index < -0.39 is 10.0 Å². The van der Waals surface area contributed by atoms with Gasteiger partial charge in [-0.25, -0.2) is 8.42 Å². The second kappa shape index (κ2) is 5.97. The van der Waals surface area contributed by atoms with Crippen LogP contribution in [0.2, 0.25) is 0 Å². The van der Waals surface area contributed by atoms with Gasteiger partial charge in [0, 0.05) is 22.1 Å². The monoisotopic (exact) mass is 422 g/mol. The molecule has 0 unspecified atom stereocenters. The largest absolute Gasteiger partial charge is 0.361 e. The normalized spacial score (nSPS) is 12.1. The minimum atomic E-state index is -3.61. The molecular weight excluding hydrogens is 412 g/mol. The number of benzene rings is 1. The number of halogens is 2. The van der Waals surface area contributed by atoms with Crippen molar-refractivity contribution in [2.45, 2.75) is 18.4 Å². The Balaban J connectivity index is 2.32. The van der Waals surface area contributed by atoms with Crippen LogP contribution in [0.25, 0.3) is 0 Å². The summed E-state index contributed by atoms with van der Waals surface area (Å²) < 4.78 is 32.5. The third-order valence-corrected chi connectivity index (χ3v) is 5.93. The first-order valence-corrected chi connectivity index (χ1v) is 8.67. The predicted octanol–water partition coefficient (Wildman–Crippen LogP) is 3.33. The van der Waals surface area contributed by atoms with Crippen LogP contribution in [-0.4, -0.2) is 24.9 Å². The number of hydrogen-bond acceptors (Lipinski definition) is 4. The van der Waals surface area contributed by atoms with E-state index in [1.807, 2.05) is 0 Å². The fourth-order valence-corrected chi connectivity index (χ4v) is 4.25. The summed E-state index contributed by atoms with van der Waals surface area (Å²) in [6, 6.07) is 6.72. The van der Waals surface area contributed by atoms with E-state index in [4.69, 9.17) is 4.52 Å². The van der Waals surface area contributed by atoms with E-state index in [1.165, 1.54) is 11.4 Å². The van der Waals surface area contributed by atoms with Gasteiger partial charge in [0.05, 0.1) is 17.1 Å². The molecule has 0 fully saturated rings. The first-order valence-electron chi connectivity index (χ1n) is 5.64. The van der Waals surface area contributed by atoms with E-state index in [-0.39, 0.29) is 11.4 Å². The van der Waals surface area contributed by atoms with E-state index in [0.717, 1.165) is 0 Å². The second-order valence-electron chi connectivity index (χ2n) is 4.26. The van der Waals surface area contributed by atoms with Crippen LogP contribution in [0.15, 0.2) is 42.6 Å². The summed E-state index contributed by atoms with van der Waals surface area (Å²) in [4.78, 5) is 0.203. The first kappa shape index (κ1) is 15.7. The molecule has 108 valence electrons. The van der Waals surface area contributed by atoms with Gasteiger partial charge in [0.15, 0.2) is 0 Å². The second-order valence-corrected chi connectivity index (χ2v) is 8.05. The van der Waals surface area contributed by atoms with Gasteiger partial charge >= 0.3 is 0 Å². The Morgan fingerprint density at radius 3 is 2.60 bits per heavy atom. The Bertz CT molecular complexity index is 728. The summed E-state index contributed by atoms with van der Waals surface area (Å²) in [5.74, 6) is 0.648. The highest BCUT2D eigenvalue weighted by atomic mass is 79.9. The molecule has 0 atom stereocenters. The average Bonchev–Trinajstić information content (AvgIpc) is 2.77. The quantitative estimate of drug-likeness (QED) is 0.756. The number of sulfonamides is 1. The van der Waals surface area contributed by atoms with Gasteiger partial charge in [-0.15, -0.1) is 0 Å². The van der Waals surface area contributed by atoms with Crippen molar-refractivity contribution in [1.29, 1.82) is 0 Å². The third kappa shape index (κ3) is 3.30. The fourth-order valence-electron chi connectivity index (χ4n) is 1.65. The summed E-state index contributed by atoms with van der Waals surface area (Å²) >= 11 is 6.54. The van der Waals surface area contributed by atoms with E-state index >= 15 is 0 Å². The highest BCUT2D eigenvalue weighted by molar-refractivity contribution is 9.11. The molecule has 0 radical (unpaired) electrons. The lowest BCUT2D eigenvalue weighted by molar-refractivity contribution is 0.378. The summed E-state index contributed by atoms with van der Waals surface area (Å²) in [5, 5.41) is 3.80. The molecule has 2 rings (SSSR count). The van der Waals surface area contributed by atoms with E-state index in [1.54, 1.807) is 31.2 Å². The van der Waals surface area contributed by atoms with Crippen molar-refractivity contribution in [3.05, 3.63) is 44.7 Å². The summed E-state index contributed by atoms with van der Waals surface area (Å²) in [5.41, 5.74) is 0.569. The lowest BCUT2D eigenvalue weighted by atomic mass is 10.4. The molecule has 0 amide bonds. The Labute approximate surface area is 134 Å². The van der Waals surface area contributed by atoms with Crippen molar-refractivity contribution >= 4 is 41.9 Å². The molecule has 2 aromatic rings. The molecule has 0 saturated heterocycles. The molecule has 0 N–H and O–H groups in total. The molecule has 0 bridgehead atoms. The van der Waals surface area contributed by atoms with Crippen molar-refractivity contribution in [3.63, 3.8) is 0 Å². The molecule has 5 nitrogen and oxygen atoms in total. The fraction of sp³-hybridized carbons (Fsp3) is 0.250. The Morgan fingerprint density at radius 2 is 2.00 bits per heavy atom. The van der Waals surface area contributed by atoms with Crippen LogP contribution in [0.1, 0.15) is 11.5 Å². The van der Waals surface area contributed by atoms with Gasteiger partial charge in [-0.3, -0.25) is 0 Å². The lowest BCUT2D eigenvalue weighted by Gasteiger charge is -2.17. The molecule has 0 aliphatic carbocycles. The SMILES string of the molecule is Cc1cc(CN(C)S(=O)(=O)c2cc(Br)ccc2Br)no1. The topological polar surface area (TPSA) is 63.4 Å². The van der Waals surface area contributed by atoms with E-state index in [2.05, 4.69) is 37.0 Å². The van der Waals surface area contributed by atoms with Gasteiger partial charge in [-0.1, -0.05) is 21.1 Å². The van der Waals surface area contributed by atoms with Crippen LogP contribution in [0, 0.1) is 6.92 Å². The van der Waals surface area contributed by atoms with Crippen molar-refractivity contribution in [2.24, 2.45) is 0 Å². The Hall–Kier alpha value is -0.700. The maximum atomic E-state index is 12.5. The molecule has 1 heterocycles. The lowest BCUT2D eigenvalue weighted by Crippen LogP contribution is -2.27. The molecule has 0 saturated carbocycles. The molecule has 8 heteroatoms. The van der Waals surface area contributed by atoms with E-state index in [9.17, 15) is 8.42 Å². The zero-order chi connectivity index (χ0) is 14.9. The average molecular weight is 424 g/mol. The number of rotatable bonds is 4. The van der Waals surface area contributed by atoms with Crippen LogP contribution < -0.4 is 0 Å². The Kier molecular flexibility index (Phi) is 4.68. The zero-order valence-corrected chi connectivity index (χ0v) is 14.8. The van der Waals surface area contributed by atoms with Crippen molar-refractivity contribution in [3.8, 4) is 0 Å². The van der Waals surface area contributed by atoms with Crippen LogP contribution in [0.3, 0.4) is 0 Å².